The third-order valence-electron chi connectivity index (χ3n) is 3.76. The molecule has 2 N–H and O–H groups in total. The van der Waals surface area contributed by atoms with E-state index in [1.165, 1.54) is 32.1 Å². The predicted octanol–water partition coefficient (Wildman–Crippen LogP) is 2.25. The van der Waals surface area contributed by atoms with E-state index < -0.39 is 33.7 Å². The van der Waals surface area contributed by atoms with E-state index in [2.05, 4.69) is 11.1 Å². The summed E-state index contributed by atoms with van der Waals surface area (Å²) in [5.41, 5.74) is 4.81. The molecule has 0 heterocycles. The van der Waals surface area contributed by atoms with Crippen LogP contribution in [0.15, 0.2) is 0 Å². The number of nitrogens with two attached hydrogens (primary N) is 1. The van der Waals surface area contributed by atoms with Crippen molar-refractivity contribution in [3.8, 4) is 0 Å². The molecule has 1 unspecified atom stereocenters. The molecular weight excluding hydrogens is 357 g/mol. The molecule has 1 atom stereocenters. The van der Waals surface area contributed by atoms with Gasteiger partial charge in [0.25, 0.3) is 0 Å². The third-order valence-corrected chi connectivity index (χ3v) is 4.82. The molecule has 0 aliphatic carbocycles. The predicted molar refractivity (Wildman–Crippen MR) is 97.2 cm³/mol. The molecule has 0 saturated carbocycles. The van der Waals surface area contributed by atoms with Gasteiger partial charge < -0.3 is 9.92 Å². The van der Waals surface area contributed by atoms with Gasteiger partial charge in [0, 0.05) is 0 Å². The fourth-order valence-electron chi connectivity index (χ4n) is 2.41. The van der Waals surface area contributed by atoms with Gasteiger partial charge >= 0.3 is 67.5 Å². The van der Waals surface area contributed by atoms with Gasteiger partial charge in [-0.1, -0.05) is 65.2 Å². The van der Waals surface area contributed by atoms with Crippen LogP contribution in [0.4, 0.5) is 0 Å². The second-order valence-electron chi connectivity index (χ2n) is 5.94. The van der Waals surface area contributed by atoms with Gasteiger partial charge in [0.05, 0.1) is 5.92 Å². The third kappa shape index (κ3) is 14.8. The average Bonchev–Trinajstić information content (AvgIpc) is 2.43. The van der Waals surface area contributed by atoms with E-state index in [0.29, 0.717) is 12.8 Å². The molecule has 0 aromatic carbocycles. The van der Waals surface area contributed by atoms with Crippen LogP contribution in [0, 0.1) is 5.92 Å². The Labute approximate surface area is 189 Å². The van der Waals surface area contributed by atoms with Crippen LogP contribution >= 0.6 is 0 Å². The fourth-order valence-corrected chi connectivity index (χ4v) is 3.20. The number of amides is 1. The first-order valence-electron chi connectivity index (χ1n) is 8.56. The molecule has 0 spiro atoms. The number of rotatable bonds is 14. The number of carbonyl (C=O) groups excluding carboxylic acids is 2. The van der Waals surface area contributed by atoms with Crippen LogP contribution in [0.1, 0.15) is 78.1 Å². The molecule has 8 heteroatoms. The molecule has 0 aromatic heterocycles. The van der Waals surface area contributed by atoms with Gasteiger partial charge in [-0.3, -0.25) is 9.59 Å². The summed E-state index contributed by atoms with van der Waals surface area (Å²) in [6.07, 6.45) is 10.4. The van der Waals surface area contributed by atoms with Gasteiger partial charge in [-0.25, -0.2) is 0 Å². The molecule has 24 heavy (non-hydrogen) atoms. The van der Waals surface area contributed by atoms with E-state index in [4.69, 9.17) is 5.73 Å². The first kappa shape index (κ1) is 26.8. The molecular formula is C16H32KNO5S. The molecule has 0 fully saturated rings. The summed E-state index contributed by atoms with van der Waals surface area (Å²) in [6.45, 7) is 4.00. The van der Waals surface area contributed by atoms with Gasteiger partial charge in [0.1, 0.15) is 0 Å². The molecule has 0 aromatic rings. The second kappa shape index (κ2) is 15.8. The maximum absolute atomic E-state index is 11.9. The van der Waals surface area contributed by atoms with Gasteiger partial charge in [-0.05, 0) is 12.8 Å². The fraction of sp³-hybridized carbons (Fsp3) is 0.875. The van der Waals surface area contributed by atoms with Crippen molar-refractivity contribution in [3.63, 3.8) is 0 Å². The van der Waals surface area contributed by atoms with Gasteiger partial charge in [-0.2, -0.15) is 8.42 Å². The molecule has 0 aliphatic heterocycles. The Bertz CT molecular complexity index is 453. The molecule has 0 aliphatic rings. The van der Waals surface area contributed by atoms with E-state index in [1.54, 1.807) is 0 Å². The molecule has 138 valence electrons. The SMILES string of the molecule is CCCCCCCCCCC(CC)C(=O)OS(=O)(=O)CC(N)=O.[KH]. The zero-order valence-corrected chi connectivity index (χ0v) is 15.2. The van der Waals surface area contributed by atoms with E-state index in [9.17, 15) is 18.0 Å². The Morgan fingerprint density at radius 3 is 1.92 bits per heavy atom. The standard InChI is InChI=1S/C16H31NO5S.K.H/c1-3-5-6-7-8-9-10-11-12-14(4-2)16(19)22-23(20,21)13-15(17)18;;/h14H,3-13H2,1-2H3,(H2,17,18);;. The monoisotopic (exact) mass is 389 g/mol. The Morgan fingerprint density at radius 1 is 0.958 bits per heavy atom. The summed E-state index contributed by atoms with van der Waals surface area (Å²) in [5.74, 6) is -3.23. The Hall–Kier alpha value is 0.526. The summed E-state index contributed by atoms with van der Waals surface area (Å²) in [4.78, 5) is 22.5. The summed E-state index contributed by atoms with van der Waals surface area (Å²) in [5, 5.41) is 0. The molecule has 0 rings (SSSR count). The number of hydrogen-bond acceptors (Lipinski definition) is 5. The minimum absolute atomic E-state index is 0. The zero-order valence-electron chi connectivity index (χ0n) is 14.4. The van der Waals surface area contributed by atoms with Crippen LogP contribution in [0.25, 0.3) is 0 Å². The summed E-state index contributed by atoms with van der Waals surface area (Å²) in [7, 11) is -4.21. The van der Waals surface area contributed by atoms with E-state index >= 15 is 0 Å². The quantitative estimate of drug-likeness (QED) is 0.279. The molecule has 0 radical (unpaired) electrons. The number of primary amides is 1. The second-order valence-corrected chi connectivity index (χ2v) is 7.51. The Balaban J connectivity index is 0. The van der Waals surface area contributed by atoms with Crippen LogP contribution in [0.2, 0.25) is 0 Å². The molecule has 0 saturated heterocycles. The summed E-state index contributed by atoms with van der Waals surface area (Å²) in [6, 6.07) is 0. The normalized spacial score (nSPS) is 12.2. The first-order valence-corrected chi connectivity index (χ1v) is 10.1. The maximum atomic E-state index is 11.9. The molecule has 6 nitrogen and oxygen atoms in total. The van der Waals surface area contributed by atoms with Crippen LogP contribution in [-0.4, -0.2) is 77.4 Å². The van der Waals surface area contributed by atoms with E-state index in [-0.39, 0.29) is 51.4 Å². The Morgan fingerprint density at radius 2 is 1.46 bits per heavy atom. The number of unbranched alkanes of at least 4 members (excludes halogenated alkanes) is 7. The average molecular weight is 390 g/mol. The van der Waals surface area contributed by atoms with Crippen molar-refractivity contribution >= 4 is 73.4 Å². The first-order chi connectivity index (χ1) is 10.8. The summed E-state index contributed by atoms with van der Waals surface area (Å²) >= 11 is 0. The van der Waals surface area contributed by atoms with Crippen LogP contribution in [0.3, 0.4) is 0 Å². The summed E-state index contributed by atoms with van der Waals surface area (Å²) < 4.78 is 27.3. The molecule has 0 bridgehead atoms. The van der Waals surface area contributed by atoms with Gasteiger partial charge in [0.15, 0.2) is 5.75 Å². The number of hydrogen-bond donors (Lipinski definition) is 1. The van der Waals surface area contributed by atoms with Crippen molar-refractivity contribution in [2.75, 3.05) is 5.75 Å². The van der Waals surface area contributed by atoms with Gasteiger partial charge in [0.2, 0.25) is 5.91 Å². The van der Waals surface area contributed by atoms with Gasteiger partial charge in [-0.15, -0.1) is 0 Å². The molecule has 1 amide bonds. The number of carbonyl (C=O) groups is 2. The Kier molecular flexibility index (Phi) is 17.6. The van der Waals surface area contributed by atoms with E-state index in [1.807, 2.05) is 6.92 Å². The van der Waals surface area contributed by atoms with Crippen LogP contribution < -0.4 is 5.73 Å². The van der Waals surface area contributed by atoms with Crippen molar-refractivity contribution in [2.45, 2.75) is 78.1 Å². The van der Waals surface area contributed by atoms with Crippen molar-refractivity contribution < 1.29 is 22.2 Å². The topological polar surface area (TPSA) is 104 Å². The van der Waals surface area contributed by atoms with Crippen LogP contribution in [-0.2, 0) is 23.9 Å². The minimum atomic E-state index is -4.21. The van der Waals surface area contributed by atoms with E-state index in [0.717, 1.165) is 19.3 Å². The zero-order chi connectivity index (χ0) is 17.7. The van der Waals surface area contributed by atoms with Crippen LogP contribution in [0.5, 0.6) is 0 Å². The van der Waals surface area contributed by atoms with Crippen molar-refractivity contribution in [3.05, 3.63) is 0 Å². The van der Waals surface area contributed by atoms with Crippen molar-refractivity contribution in [2.24, 2.45) is 11.7 Å². The van der Waals surface area contributed by atoms with Crippen molar-refractivity contribution in [1.29, 1.82) is 0 Å². The van der Waals surface area contributed by atoms with Crippen molar-refractivity contribution in [1.82, 2.24) is 0 Å².